The van der Waals surface area contributed by atoms with Gasteiger partial charge in [0.15, 0.2) is 0 Å². The van der Waals surface area contributed by atoms with Crippen molar-refractivity contribution >= 4 is 23.3 Å². The average molecular weight is 338 g/mol. The number of nitrogens with zero attached hydrogens (tertiary/aromatic N) is 2. The van der Waals surface area contributed by atoms with Crippen LogP contribution in [-0.2, 0) is 9.59 Å². The molecule has 0 fully saturated rings. The molecule has 1 aromatic carbocycles. The predicted octanol–water partition coefficient (Wildman–Crippen LogP) is 0.918. The summed E-state index contributed by atoms with van der Waals surface area (Å²) in [5.41, 5.74) is 0.107. The van der Waals surface area contributed by atoms with Crippen LogP contribution in [0.2, 0.25) is 0 Å². The molecule has 0 saturated carbocycles. The maximum absolute atomic E-state index is 12.0. The van der Waals surface area contributed by atoms with Crippen molar-refractivity contribution in [3.63, 3.8) is 0 Å². The van der Waals surface area contributed by atoms with Gasteiger partial charge in [0, 0.05) is 17.8 Å². The largest absolute Gasteiger partial charge is 0.480 e. The molecule has 0 spiro atoms. The molecule has 132 valence electrons. The van der Waals surface area contributed by atoms with Crippen molar-refractivity contribution in [3.05, 3.63) is 34.4 Å². The van der Waals surface area contributed by atoms with Gasteiger partial charge in [-0.05, 0) is 39.7 Å². The Morgan fingerprint density at radius 2 is 2.08 bits per heavy atom. The molecule has 0 aliphatic heterocycles. The second kappa shape index (κ2) is 9.58. The molecular weight excluding hydrogens is 316 g/mol. The second-order valence-corrected chi connectivity index (χ2v) is 5.56. The highest BCUT2D eigenvalue weighted by Crippen LogP contribution is 2.17. The molecule has 0 unspecified atom stereocenters. The van der Waals surface area contributed by atoms with Crippen molar-refractivity contribution < 1.29 is 19.6 Å². The standard InChI is InChI=1S/C15H22N4O5/c1-18(2)8-4-7-16-13(15(21)22)10-14(20)17-11-5-3-6-12(9-11)19(23)24/h3,5-6,9,13,16H,4,7-8,10H2,1-2H3,(H,17,20)(H,21,22)/t13-/m1/s1. The monoisotopic (exact) mass is 338 g/mol. The van der Waals surface area contributed by atoms with Crippen LogP contribution in [0.4, 0.5) is 11.4 Å². The Morgan fingerprint density at radius 1 is 1.38 bits per heavy atom. The molecular formula is C15H22N4O5. The molecule has 0 saturated heterocycles. The SMILES string of the molecule is CN(C)CCCN[C@H](CC(=O)Nc1cccc([N+](=O)[O-])c1)C(=O)O. The van der Waals surface area contributed by atoms with Crippen LogP contribution in [0.1, 0.15) is 12.8 Å². The van der Waals surface area contributed by atoms with Crippen molar-refractivity contribution in [2.75, 3.05) is 32.5 Å². The topological polar surface area (TPSA) is 125 Å². The van der Waals surface area contributed by atoms with Crippen LogP contribution < -0.4 is 10.6 Å². The first-order valence-electron chi connectivity index (χ1n) is 7.45. The first-order valence-corrected chi connectivity index (χ1v) is 7.45. The van der Waals surface area contributed by atoms with E-state index in [1.54, 1.807) is 0 Å². The van der Waals surface area contributed by atoms with Crippen molar-refractivity contribution in [2.24, 2.45) is 0 Å². The molecule has 1 rings (SSSR count). The number of rotatable bonds is 10. The lowest BCUT2D eigenvalue weighted by Gasteiger charge is -2.15. The number of hydrogen-bond acceptors (Lipinski definition) is 6. The van der Waals surface area contributed by atoms with Crippen molar-refractivity contribution in [1.29, 1.82) is 0 Å². The summed E-state index contributed by atoms with van der Waals surface area (Å²) in [5, 5.41) is 25.2. The van der Waals surface area contributed by atoms with Gasteiger partial charge < -0.3 is 20.6 Å². The highest BCUT2D eigenvalue weighted by Gasteiger charge is 2.20. The zero-order chi connectivity index (χ0) is 18.1. The number of carbonyl (C=O) groups is 2. The van der Waals surface area contributed by atoms with E-state index in [-0.39, 0.29) is 17.8 Å². The minimum atomic E-state index is -1.12. The first-order chi connectivity index (χ1) is 11.3. The molecule has 9 nitrogen and oxygen atoms in total. The molecule has 24 heavy (non-hydrogen) atoms. The zero-order valence-corrected chi connectivity index (χ0v) is 13.7. The first kappa shape index (κ1) is 19.5. The third-order valence-electron chi connectivity index (χ3n) is 3.20. The summed E-state index contributed by atoms with van der Waals surface area (Å²) >= 11 is 0. The summed E-state index contributed by atoms with van der Waals surface area (Å²) in [7, 11) is 3.84. The van der Waals surface area contributed by atoms with Crippen molar-refractivity contribution in [3.8, 4) is 0 Å². The molecule has 0 aliphatic carbocycles. The number of hydrogen-bond donors (Lipinski definition) is 3. The van der Waals surface area contributed by atoms with Gasteiger partial charge in [0.25, 0.3) is 5.69 Å². The fourth-order valence-corrected chi connectivity index (χ4v) is 2.01. The molecule has 0 heterocycles. The van der Waals surface area contributed by atoms with Crippen molar-refractivity contribution in [1.82, 2.24) is 10.2 Å². The Bertz CT molecular complexity index is 591. The summed E-state index contributed by atoms with van der Waals surface area (Å²) < 4.78 is 0. The van der Waals surface area contributed by atoms with E-state index in [2.05, 4.69) is 10.6 Å². The van der Waals surface area contributed by atoms with Crippen LogP contribution in [0.3, 0.4) is 0 Å². The predicted molar refractivity (Wildman–Crippen MR) is 88.9 cm³/mol. The van der Waals surface area contributed by atoms with Gasteiger partial charge in [0.05, 0.1) is 11.3 Å². The van der Waals surface area contributed by atoms with E-state index in [0.717, 1.165) is 13.0 Å². The number of aliphatic carboxylic acids is 1. The summed E-state index contributed by atoms with van der Waals surface area (Å²) in [6.45, 7) is 1.28. The van der Waals surface area contributed by atoms with E-state index >= 15 is 0 Å². The third kappa shape index (κ3) is 7.16. The van der Waals surface area contributed by atoms with Crippen LogP contribution >= 0.6 is 0 Å². The van der Waals surface area contributed by atoms with Gasteiger partial charge in [-0.25, -0.2) is 0 Å². The summed E-state index contributed by atoms with van der Waals surface area (Å²) in [6.07, 6.45) is 0.489. The second-order valence-electron chi connectivity index (χ2n) is 5.56. The van der Waals surface area contributed by atoms with Crippen LogP contribution in [0, 0.1) is 10.1 Å². The van der Waals surface area contributed by atoms with Crippen LogP contribution in [-0.4, -0.2) is 60.0 Å². The number of carboxylic acids is 1. The number of amides is 1. The number of carbonyl (C=O) groups excluding carboxylic acids is 1. The maximum Gasteiger partial charge on any atom is 0.321 e. The van der Waals surface area contributed by atoms with E-state index in [4.69, 9.17) is 0 Å². The number of nitro benzene ring substituents is 1. The Hall–Kier alpha value is -2.52. The highest BCUT2D eigenvalue weighted by atomic mass is 16.6. The average Bonchev–Trinajstić information content (AvgIpc) is 2.50. The molecule has 1 amide bonds. The minimum absolute atomic E-state index is 0.149. The Balaban J connectivity index is 2.54. The molecule has 0 aromatic heterocycles. The van der Waals surface area contributed by atoms with E-state index in [1.807, 2.05) is 19.0 Å². The van der Waals surface area contributed by atoms with E-state index in [0.29, 0.717) is 6.54 Å². The lowest BCUT2D eigenvalue weighted by Crippen LogP contribution is -2.40. The number of benzene rings is 1. The molecule has 3 N–H and O–H groups in total. The number of non-ortho nitro benzene ring substituents is 1. The Labute approximate surface area is 139 Å². The number of nitro groups is 1. The molecule has 0 aliphatic rings. The number of anilines is 1. The van der Waals surface area contributed by atoms with Crippen molar-refractivity contribution in [2.45, 2.75) is 18.9 Å². The number of carboxylic acid groups (broad SMARTS) is 1. The third-order valence-corrected chi connectivity index (χ3v) is 3.20. The van der Waals surface area contributed by atoms with Crippen LogP contribution in [0.5, 0.6) is 0 Å². The molecule has 1 atom stereocenters. The molecule has 0 radical (unpaired) electrons. The summed E-state index contributed by atoms with van der Waals surface area (Å²) in [5.74, 6) is -1.64. The zero-order valence-electron chi connectivity index (χ0n) is 13.7. The normalized spacial score (nSPS) is 12.0. The quantitative estimate of drug-likeness (QED) is 0.329. The van der Waals surface area contributed by atoms with Gasteiger partial charge in [-0.15, -0.1) is 0 Å². The lowest BCUT2D eigenvalue weighted by atomic mass is 10.2. The van der Waals surface area contributed by atoms with Gasteiger partial charge in [-0.2, -0.15) is 0 Å². The Morgan fingerprint density at radius 3 is 2.67 bits per heavy atom. The minimum Gasteiger partial charge on any atom is -0.480 e. The Kier molecular flexibility index (Phi) is 7.80. The van der Waals surface area contributed by atoms with E-state index < -0.39 is 22.8 Å². The van der Waals surface area contributed by atoms with Gasteiger partial charge >= 0.3 is 5.97 Å². The van der Waals surface area contributed by atoms with E-state index in [9.17, 15) is 24.8 Å². The van der Waals surface area contributed by atoms with Gasteiger partial charge in [0.2, 0.25) is 5.91 Å². The van der Waals surface area contributed by atoms with E-state index in [1.165, 1.54) is 24.3 Å². The molecule has 9 heteroatoms. The summed E-state index contributed by atoms with van der Waals surface area (Å²) in [6, 6.07) is 4.47. The molecule has 1 aromatic rings. The van der Waals surface area contributed by atoms with Crippen LogP contribution in [0.15, 0.2) is 24.3 Å². The summed E-state index contributed by atoms with van der Waals surface area (Å²) in [4.78, 5) is 35.3. The maximum atomic E-state index is 12.0. The smallest absolute Gasteiger partial charge is 0.321 e. The van der Waals surface area contributed by atoms with Gasteiger partial charge in [-0.1, -0.05) is 6.07 Å². The van der Waals surface area contributed by atoms with Crippen LogP contribution in [0.25, 0.3) is 0 Å². The fraction of sp³-hybridized carbons (Fsp3) is 0.467. The highest BCUT2D eigenvalue weighted by molar-refractivity contribution is 5.94. The lowest BCUT2D eigenvalue weighted by molar-refractivity contribution is -0.384. The van der Waals surface area contributed by atoms with Gasteiger partial charge in [-0.3, -0.25) is 19.7 Å². The molecule has 0 bridgehead atoms. The number of nitrogens with one attached hydrogen (secondary N) is 2. The van der Waals surface area contributed by atoms with Gasteiger partial charge in [0.1, 0.15) is 6.04 Å². The fourth-order valence-electron chi connectivity index (χ4n) is 2.01.